The van der Waals surface area contributed by atoms with Crippen molar-refractivity contribution in [1.29, 1.82) is 0 Å². The normalized spacial score (nSPS) is 12.0. The summed E-state index contributed by atoms with van der Waals surface area (Å²) in [5.41, 5.74) is 1.66. The van der Waals surface area contributed by atoms with Gasteiger partial charge in [-0.3, -0.25) is 9.59 Å². The Morgan fingerprint density at radius 3 is 2.10 bits per heavy atom. The predicted octanol–water partition coefficient (Wildman–Crippen LogP) is 1.72. The highest BCUT2D eigenvalue weighted by atomic mass is 16.6. The number of nitrogens with one attached hydrogen (secondary N) is 3. The number of methoxy groups -OCH3 is 1. The van der Waals surface area contributed by atoms with Crippen molar-refractivity contribution in [1.82, 2.24) is 16.0 Å². The minimum absolute atomic E-state index is 0.0352. The molecule has 8 nitrogen and oxygen atoms in total. The van der Waals surface area contributed by atoms with Gasteiger partial charge in [-0.25, -0.2) is 0 Å². The Labute approximate surface area is 175 Å². The van der Waals surface area contributed by atoms with E-state index in [2.05, 4.69) is 27.8 Å². The number of carbonyl (C=O) groups excluding carboxylic acids is 2. The predicted molar refractivity (Wildman–Crippen MR) is 114 cm³/mol. The molecule has 0 aromatic heterocycles. The van der Waals surface area contributed by atoms with Gasteiger partial charge in [0.25, 0.3) is 5.91 Å². The Morgan fingerprint density at radius 1 is 1.07 bits per heavy atom. The first-order valence-corrected chi connectivity index (χ1v) is 9.30. The molecule has 0 aliphatic heterocycles. The van der Waals surface area contributed by atoms with Crippen LogP contribution in [-0.4, -0.2) is 45.5 Å². The van der Waals surface area contributed by atoms with Crippen LogP contribution in [0, 0.1) is 0 Å². The highest BCUT2D eigenvalue weighted by Crippen LogP contribution is 2.25. The van der Waals surface area contributed by atoms with E-state index in [-0.39, 0.29) is 18.2 Å². The fourth-order valence-corrected chi connectivity index (χ4v) is 2.77. The molecule has 8 heteroatoms. The number of hydrogen-bond acceptors (Lipinski definition) is 6. The monoisotopic (exact) mass is 410 g/mol. The molecule has 2 aromatic rings. The topological polar surface area (TPSA) is 101 Å². The molecule has 1 atom stereocenters. The van der Waals surface area contributed by atoms with Crippen LogP contribution < -0.4 is 16.0 Å². The Morgan fingerprint density at radius 2 is 1.63 bits per heavy atom. The fraction of sp³-hybridized carbons (Fsp3) is 0.227. The Hall–Kier alpha value is -3.65. The van der Waals surface area contributed by atoms with Gasteiger partial charge in [-0.15, -0.1) is 5.16 Å². The van der Waals surface area contributed by atoms with Gasteiger partial charge in [-0.2, -0.15) is 0 Å². The summed E-state index contributed by atoms with van der Waals surface area (Å²) in [5, 5.41) is 11.4. The van der Waals surface area contributed by atoms with Gasteiger partial charge in [0.15, 0.2) is 12.8 Å². The molecule has 2 amide bonds. The van der Waals surface area contributed by atoms with Gasteiger partial charge < -0.3 is 25.5 Å². The van der Waals surface area contributed by atoms with E-state index in [1.54, 1.807) is 0 Å². The van der Waals surface area contributed by atoms with Crippen LogP contribution in [0.15, 0.2) is 77.7 Å². The average molecular weight is 410 g/mol. The third kappa shape index (κ3) is 6.46. The molecule has 0 bridgehead atoms. The van der Waals surface area contributed by atoms with E-state index in [0.717, 1.165) is 11.1 Å². The Kier molecular flexibility index (Phi) is 9.08. The molecule has 0 aliphatic rings. The van der Waals surface area contributed by atoms with Crippen molar-refractivity contribution in [3.8, 4) is 0 Å². The van der Waals surface area contributed by atoms with Crippen molar-refractivity contribution < 1.29 is 19.2 Å². The zero-order valence-corrected chi connectivity index (χ0v) is 17.0. The molecule has 1 unspecified atom stereocenters. The second-order valence-electron chi connectivity index (χ2n) is 6.20. The summed E-state index contributed by atoms with van der Waals surface area (Å²) in [6, 6.07) is 18.7. The van der Waals surface area contributed by atoms with E-state index in [1.165, 1.54) is 20.4 Å². The number of amides is 2. The van der Waals surface area contributed by atoms with Crippen molar-refractivity contribution in [2.24, 2.45) is 5.16 Å². The average Bonchev–Trinajstić information content (AvgIpc) is 2.79. The number of likely N-dealkylation sites (N-methyl/N-ethyl adjacent to an activating group) is 1. The summed E-state index contributed by atoms with van der Waals surface area (Å²) in [5.74, 6) is -1.40. The number of carbonyl (C=O) groups is 2. The first kappa shape index (κ1) is 22.6. The third-order valence-corrected chi connectivity index (χ3v) is 4.27. The standard InChI is InChI=1S/C22H26N4O4/c1-23-21(27)18(14-25-19(29-3)15-30-24-2)26-22(28)20(16-10-6-4-7-11-16)17-12-8-5-9-13-17/h4-14,19-20,25H,2,15H2,1,3H3,(H,23,27)(H,26,28). The quantitative estimate of drug-likeness (QED) is 0.227. The van der Waals surface area contributed by atoms with Crippen LogP contribution in [0.3, 0.4) is 0 Å². The van der Waals surface area contributed by atoms with Crippen molar-refractivity contribution >= 4 is 18.5 Å². The summed E-state index contributed by atoms with van der Waals surface area (Å²) in [7, 11) is 2.95. The minimum atomic E-state index is -0.592. The van der Waals surface area contributed by atoms with Gasteiger partial charge >= 0.3 is 0 Å². The van der Waals surface area contributed by atoms with Gasteiger partial charge in [0.1, 0.15) is 5.70 Å². The minimum Gasteiger partial charge on any atom is -0.392 e. The van der Waals surface area contributed by atoms with E-state index in [4.69, 9.17) is 9.57 Å². The highest BCUT2D eigenvalue weighted by Gasteiger charge is 2.24. The van der Waals surface area contributed by atoms with E-state index in [0.29, 0.717) is 0 Å². The van der Waals surface area contributed by atoms with Gasteiger partial charge in [0, 0.05) is 27.1 Å². The van der Waals surface area contributed by atoms with Crippen LogP contribution in [0.1, 0.15) is 17.0 Å². The highest BCUT2D eigenvalue weighted by molar-refractivity contribution is 5.99. The molecule has 0 saturated carbocycles. The van der Waals surface area contributed by atoms with Gasteiger partial charge in [0.05, 0.1) is 5.92 Å². The molecule has 2 aromatic carbocycles. The number of benzene rings is 2. The maximum atomic E-state index is 13.2. The van der Waals surface area contributed by atoms with Crippen LogP contribution in [0.4, 0.5) is 0 Å². The Bertz CT molecular complexity index is 816. The van der Waals surface area contributed by atoms with Crippen molar-refractivity contribution in [3.63, 3.8) is 0 Å². The van der Waals surface area contributed by atoms with Crippen LogP contribution in [-0.2, 0) is 19.2 Å². The smallest absolute Gasteiger partial charge is 0.269 e. The van der Waals surface area contributed by atoms with Gasteiger partial charge in [0.2, 0.25) is 5.91 Å². The van der Waals surface area contributed by atoms with E-state index >= 15 is 0 Å². The molecule has 0 heterocycles. The molecule has 0 saturated heterocycles. The van der Waals surface area contributed by atoms with Crippen LogP contribution >= 0.6 is 0 Å². The van der Waals surface area contributed by atoms with Crippen molar-refractivity contribution in [3.05, 3.63) is 83.7 Å². The summed E-state index contributed by atoms with van der Waals surface area (Å²) < 4.78 is 5.19. The summed E-state index contributed by atoms with van der Waals surface area (Å²) >= 11 is 0. The second-order valence-corrected chi connectivity index (χ2v) is 6.20. The molecule has 0 spiro atoms. The maximum absolute atomic E-state index is 13.2. The van der Waals surface area contributed by atoms with Crippen molar-refractivity contribution in [2.45, 2.75) is 12.1 Å². The first-order chi connectivity index (χ1) is 14.6. The summed E-state index contributed by atoms with van der Waals surface area (Å²) in [6.07, 6.45) is 0.774. The van der Waals surface area contributed by atoms with Crippen LogP contribution in [0.5, 0.6) is 0 Å². The molecular formula is C22H26N4O4. The van der Waals surface area contributed by atoms with Crippen molar-refractivity contribution in [2.75, 3.05) is 20.8 Å². The zero-order chi connectivity index (χ0) is 21.8. The van der Waals surface area contributed by atoms with Crippen LogP contribution in [0.25, 0.3) is 0 Å². The summed E-state index contributed by atoms with van der Waals surface area (Å²) in [6.45, 7) is 3.30. The summed E-state index contributed by atoms with van der Waals surface area (Å²) in [4.78, 5) is 30.4. The molecule has 3 N–H and O–H groups in total. The molecule has 158 valence electrons. The number of oxime groups is 1. The van der Waals surface area contributed by atoms with E-state index in [1.807, 2.05) is 60.7 Å². The number of nitrogens with zero attached hydrogens (tertiary/aromatic N) is 1. The lowest BCUT2D eigenvalue weighted by Crippen LogP contribution is -2.39. The van der Waals surface area contributed by atoms with E-state index < -0.39 is 18.1 Å². The fourth-order valence-electron chi connectivity index (χ4n) is 2.77. The molecule has 0 radical (unpaired) electrons. The lowest BCUT2D eigenvalue weighted by molar-refractivity contribution is -0.124. The SMILES string of the molecule is C=NOCC(NC=C(NC(=O)C(c1ccccc1)c1ccccc1)C(=O)NC)OC. The first-order valence-electron chi connectivity index (χ1n) is 9.30. The molecule has 2 rings (SSSR count). The Balaban J connectivity index is 2.27. The molecular weight excluding hydrogens is 384 g/mol. The number of ether oxygens (including phenoxy) is 1. The number of hydrogen-bond donors (Lipinski definition) is 3. The molecule has 0 fully saturated rings. The largest absolute Gasteiger partial charge is 0.392 e. The van der Waals surface area contributed by atoms with E-state index in [9.17, 15) is 9.59 Å². The maximum Gasteiger partial charge on any atom is 0.269 e. The molecule has 0 aliphatic carbocycles. The van der Waals surface area contributed by atoms with Crippen LogP contribution in [0.2, 0.25) is 0 Å². The third-order valence-electron chi connectivity index (χ3n) is 4.27. The molecule has 30 heavy (non-hydrogen) atoms. The van der Waals surface area contributed by atoms with Gasteiger partial charge in [-0.05, 0) is 11.1 Å². The number of rotatable bonds is 11. The second kappa shape index (κ2) is 12.0. The zero-order valence-electron chi connectivity index (χ0n) is 17.0. The lowest BCUT2D eigenvalue weighted by atomic mass is 9.90. The van der Waals surface area contributed by atoms with Gasteiger partial charge in [-0.1, -0.05) is 60.7 Å². The lowest BCUT2D eigenvalue weighted by Gasteiger charge is -2.20.